The largest absolute Gasteiger partial charge is 0.467 e. The molecule has 156 valence electrons. The summed E-state index contributed by atoms with van der Waals surface area (Å²) in [6.07, 6.45) is 5.79. The fraction of sp³-hybridized carbons (Fsp3) is 0.350. The van der Waals surface area contributed by atoms with E-state index in [2.05, 4.69) is 9.47 Å². The van der Waals surface area contributed by atoms with Gasteiger partial charge >= 0.3 is 13.2 Å². The van der Waals surface area contributed by atoms with Crippen LogP contribution in [0, 0.1) is 0 Å². The van der Waals surface area contributed by atoms with Crippen molar-refractivity contribution in [3.63, 3.8) is 0 Å². The summed E-state index contributed by atoms with van der Waals surface area (Å²) in [6.45, 7) is -4.43. The number of furan rings is 1. The SMILES string of the molecule is CC(c1ccco1)N(C(=O)/C=C/c1ccc(OC(F)F)cc1OC(F)F)C1CC1. The van der Waals surface area contributed by atoms with Crippen molar-refractivity contribution in [3.8, 4) is 11.5 Å². The van der Waals surface area contributed by atoms with Gasteiger partial charge in [0.25, 0.3) is 0 Å². The molecule has 1 aliphatic carbocycles. The van der Waals surface area contributed by atoms with E-state index < -0.39 is 13.2 Å². The Bertz CT molecular complexity index is 850. The topological polar surface area (TPSA) is 51.9 Å². The molecule has 1 fully saturated rings. The van der Waals surface area contributed by atoms with Crippen molar-refractivity contribution < 1.29 is 36.2 Å². The molecule has 2 aromatic rings. The van der Waals surface area contributed by atoms with Crippen LogP contribution in [0.3, 0.4) is 0 Å². The van der Waals surface area contributed by atoms with Crippen molar-refractivity contribution >= 4 is 12.0 Å². The van der Waals surface area contributed by atoms with E-state index in [0.29, 0.717) is 5.76 Å². The molecule has 1 aromatic heterocycles. The summed E-state index contributed by atoms with van der Waals surface area (Å²) >= 11 is 0. The zero-order valence-electron chi connectivity index (χ0n) is 15.4. The molecule has 5 nitrogen and oxygen atoms in total. The van der Waals surface area contributed by atoms with Crippen LogP contribution in [0.25, 0.3) is 6.08 Å². The highest BCUT2D eigenvalue weighted by molar-refractivity contribution is 5.93. The van der Waals surface area contributed by atoms with E-state index in [1.165, 1.54) is 30.5 Å². The molecule has 1 unspecified atom stereocenters. The Morgan fingerprint density at radius 3 is 2.48 bits per heavy atom. The Hall–Kier alpha value is -2.97. The van der Waals surface area contributed by atoms with Crippen molar-refractivity contribution in [2.24, 2.45) is 0 Å². The third kappa shape index (κ3) is 5.52. The number of carbonyl (C=O) groups excluding carboxylic acids is 1. The molecule has 0 spiro atoms. The lowest BCUT2D eigenvalue weighted by atomic mass is 10.1. The number of nitrogens with zero attached hydrogens (tertiary/aromatic N) is 1. The first kappa shape index (κ1) is 20.8. The van der Waals surface area contributed by atoms with Crippen molar-refractivity contribution in [2.75, 3.05) is 0 Å². The first-order valence-electron chi connectivity index (χ1n) is 8.92. The van der Waals surface area contributed by atoms with Gasteiger partial charge in [-0.15, -0.1) is 0 Å². The Labute approximate surface area is 164 Å². The van der Waals surface area contributed by atoms with Gasteiger partial charge in [-0.1, -0.05) is 0 Å². The van der Waals surface area contributed by atoms with Crippen LogP contribution in [0.4, 0.5) is 17.6 Å². The maximum atomic E-state index is 12.8. The van der Waals surface area contributed by atoms with Gasteiger partial charge in [0.05, 0.1) is 12.3 Å². The number of alkyl halides is 4. The molecule has 0 radical (unpaired) electrons. The predicted molar refractivity (Wildman–Crippen MR) is 95.7 cm³/mol. The van der Waals surface area contributed by atoms with Crippen LogP contribution in [0.15, 0.2) is 47.1 Å². The Kier molecular flexibility index (Phi) is 6.46. The van der Waals surface area contributed by atoms with Crippen LogP contribution in [0.5, 0.6) is 11.5 Å². The molecule has 1 aliphatic rings. The molecule has 0 N–H and O–H groups in total. The number of ether oxygens (including phenoxy) is 2. The Morgan fingerprint density at radius 2 is 1.90 bits per heavy atom. The number of rotatable bonds is 9. The second-order valence-corrected chi connectivity index (χ2v) is 6.46. The summed E-state index contributed by atoms with van der Waals surface area (Å²) in [4.78, 5) is 14.4. The van der Waals surface area contributed by atoms with Gasteiger partial charge in [-0.25, -0.2) is 0 Å². The van der Waals surface area contributed by atoms with Gasteiger partial charge in [0, 0.05) is 23.7 Å². The second-order valence-electron chi connectivity index (χ2n) is 6.46. The van der Waals surface area contributed by atoms with Gasteiger partial charge in [0.1, 0.15) is 17.3 Å². The molecule has 1 saturated carbocycles. The lowest BCUT2D eigenvalue weighted by molar-refractivity contribution is -0.129. The molecule has 1 aromatic carbocycles. The predicted octanol–water partition coefficient (Wildman–Crippen LogP) is 5.25. The van der Waals surface area contributed by atoms with Crippen molar-refractivity contribution in [1.82, 2.24) is 4.90 Å². The lowest BCUT2D eigenvalue weighted by Gasteiger charge is -2.26. The van der Waals surface area contributed by atoms with E-state index in [-0.39, 0.29) is 35.1 Å². The molecule has 3 rings (SSSR count). The fourth-order valence-electron chi connectivity index (χ4n) is 2.98. The molecule has 9 heteroatoms. The molecule has 1 amide bonds. The summed E-state index contributed by atoms with van der Waals surface area (Å²) in [7, 11) is 0. The highest BCUT2D eigenvalue weighted by Crippen LogP contribution is 2.35. The van der Waals surface area contributed by atoms with Crippen molar-refractivity contribution in [1.29, 1.82) is 0 Å². The van der Waals surface area contributed by atoms with E-state index in [9.17, 15) is 22.4 Å². The standard InChI is InChI=1S/C20H19F4NO4/c1-12(16-3-2-10-27-16)25(14-6-7-14)18(26)9-5-13-4-8-15(28-19(21)22)11-17(13)29-20(23)24/h2-5,8-12,14,19-20H,6-7H2,1H3/b9-5+. The van der Waals surface area contributed by atoms with E-state index in [4.69, 9.17) is 4.42 Å². The zero-order valence-corrected chi connectivity index (χ0v) is 15.4. The average molecular weight is 413 g/mol. The number of hydrogen-bond acceptors (Lipinski definition) is 4. The molecular formula is C20H19F4NO4. The Morgan fingerprint density at radius 1 is 1.17 bits per heavy atom. The maximum Gasteiger partial charge on any atom is 0.387 e. The molecule has 0 saturated heterocycles. The first-order valence-corrected chi connectivity index (χ1v) is 8.92. The third-order valence-electron chi connectivity index (χ3n) is 4.40. The van der Waals surface area contributed by atoms with Gasteiger partial charge in [-0.05, 0) is 50.1 Å². The van der Waals surface area contributed by atoms with Gasteiger partial charge in [-0.2, -0.15) is 17.6 Å². The molecule has 0 bridgehead atoms. The monoisotopic (exact) mass is 413 g/mol. The van der Waals surface area contributed by atoms with Gasteiger partial charge < -0.3 is 18.8 Å². The number of halogens is 4. The van der Waals surface area contributed by atoms with Crippen molar-refractivity contribution in [2.45, 2.75) is 45.1 Å². The zero-order chi connectivity index (χ0) is 21.0. The summed E-state index contributed by atoms with van der Waals surface area (Å²) in [5.41, 5.74) is 0.127. The quantitative estimate of drug-likeness (QED) is 0.416. The molecule has 29 heavy (non-hydrogen) atoms. The minimum atomic E-state index is -3.17. The summed E-state index contributed by atoms with van der Waals surface area (Å²) in [5, 5.41) is 0. The van der Waals surface area contributed by atoms with Crippen LogP contribution >= 0.6 is 0 Å². The number of carbonyl (C=O) groups is 1. The number of hydrogen-bond donors (Lipinski definition) is 0. The summed E-state index contributed by atoms with van der Waals surface area (Å²) < 4.78 is 64.0. The summed E-state index contributed by atoms with van der Waals surface area (Å²) in [5.74, 6) is -0.398. The normalized spacial score (nSPS) is 15.1. The van der Waals surface area contributed by atoms with Crippen LogP contribution in [0.1, 0.15) is 37.1 Å². The molecule has 1 atom stereocenters. The average Bonchev–Trinajstić information content (AvgIpc) is 3.31. The first-order chi connectivity index (χ1) is 13.8. The maximum absolute atomic E-state index is 12.8. The van der Waals surface area contributed by atoms with Crippen LogP contribution in [-0.2, 0) is 4.79 Å². The molecular weight excluding hydrogens is 394 g/mol. The second kappa shape index (κ2) is 9.02. The minimum Gasteiger partial charge on any atom is -0.467 e. The van der Waals surface area contributed by atoms with Crippen molar-refractivity contribution in [3.05, 3.63) is 54.0 Å². The van der Waals surface area contributed by atoms with Gasteiger partial charge in [0.2, 0.25) is 5.91 Å². The van der Waals surface area contributed by atoms with E-state index >= 15 is 0 Å². The molecule has 1 heterocycles. The van der Waals surface area contributed by atoms with E-state index in [0.717, 1.165) is 18.9 Å². The van der Waals surface area contributed by atoms with Crippen LogP contribution in [-0.4, -0.2) is 30.1 Å². The number of amides is 1. The minimum absolute atomic E-state index is 0.0749. The highest BCUT2D eigenvalue weighted by atomic mass is 19.3. The smallest absolute Gasteiger partial charge is 0.387 e. The van der Waals surface area contributed by atoms with Crippen LogP contribution < -0.4 is 9.47 Å². The van der Waals surface area contributed by atoms with Crippen LogP contribution in [0.2, 0.25) is 0 Å². The summed E-state index contributed by atoms with van der Waals surface area (Å²) in [6, 6.07) is 6.64. The lowest BCUT2D eigenvalue weighted by Crippen LogP contribution is -2.34. The third-order valence-corrected chi connectivity index (χ3v) is 4.40. The van der Waals surface area contributed by atoms with E-state index in [1.807, 2.05) is 6.92 Å². The highest BCUT2D eigenvalue weighted by Gasteiger charge is 2.36. The number of benzene rings is 1. The Balaban J connectivity index is 1.80. The fourth-order valence-corrected chi connectivity index (χ4v) is 2.98. The molecule has 0 aliphatic heterocycles. The van der Waals surface area contributed by atoms with Gasteiger partial charge in [-0.3, -0.25) is 4.79 Å². The van der Waals surface area contributed by atoms with Gasteiger partial charge in [0.15, 0.2) is 0 Å². The van der Waals surface area contributed by atoms with E-state index in [1.54, 1.807) is 17.0 Å².